The number of likely N-dealkylation sites (tertiary alicyclic amines) is 2. The lowest BCUT2D eigenvalue weighted by Gasteiger charge is -2.31. The van der Waals surface area contributed by atoms with Gasteiger partial charge < -0.3 is 19.3 Å². The molecule has 1 atom stereocenters. The first kappa shape index (κ1) is 19.0. The highest BCUT2D eigenvalue weighted by molar-refractivity contribution is 5.68. The molecular formula is C19H26F2N2O3. The summed E-state index contributed by atoms with van der Waals surface area (Å²) in [7, 11) is 0. The summed E-state index contributed by atoms with van der Waals surface area (Å²) >= 11 is 0. The smallest absolute Gasteiger partial charge is 0.410 e. The van der Waals surface area contributed by atoms with Gasteiger partial charge >= 0.3 is 6.09 Å². The predicted octanol–water partition coefficient (Wildman–Crippen LogP) is 3.15. The number of nitrogens with zero attached hydrogens (tertiary/aromatic N) is 2. The van der Waals surface area contributed by atoms with Gasteiger partial charge in [0, 0.05) is 39.0 Å². The van der Waals surface area contributed by atoms with Crippen molar-refractivity contribution < 1.29 is 23.0 Å². The van der Waals surface area contributed by atoms with E-state index in [0.717, 1.165) is 12.0 Å². The molecule has 0 radical (unpaired) electrons. The lowest BCUT2D eigenvalue weighted by molar-refractivity contribution is -0.0608. The summed E-state index contributed by atoms with van der Waals surface area (Å²) in [5, 5.41) is 0. The maximum Gasteiger partial charge on any atom is 0.410 e. The van der Waals surface area contributed by atoms with E-state index in [-0.39, 0.29) is 31.6 Å². The van der Waals surface area contributed by atoms with Crippen LogP contribution < -0.4 is 0 Å². The van der Waals surface area contributed by atoms with Crippen molar-refractivity contribution in [3.8, 4) is 0 Å². The van der Waals surface area contributed by atoms with Crippen molar-refractivity contribution >= 4 is 6.09 Å². The summed E-state index contributed by atoms with van der Waals surface area (Å²) in [5.41, 5.74) is 0.958. The van der Waals surface area contributed by atoms with Gasteiger partial charge in [0.1, 0.15) is 6.61 Å². The van der Waals surface area contributed by atoms with Crippen LogP contribution in [-0.4, -0.2) is 67.3 Å². The number of alkyl halides is 2. The van der Waals surface area contributed by atoms with Crippen LogP contribution in [0.15, 0.2) is 30.3 Å². The maximum atomic E-state index is 13.1. The number of hydrogen-bond acceptors (Lipinski definition) is 4. The largest absolute Gasteiger partial charge is 0.445 e. The normalized spacial score (nSPS) is 23.2. The van der Waals surface area contributed by atoms with Crippen molar-refractivity contribution in [3.05, 3.63) is 35.9 Å². The second-order valence-electron chi connectivity index (χ2n) is 6.97. The Morgan fingerprint density at radius 3 is 2.62 bits per heavy atom. The number of piperidine rings is 1. The van der Waals surface area contributed by atoms with Crippen molar-refractivity contribution in [2.24, 2.45) is 0 Å². The summed E-state index contributed by atoms with van der Waals surface area (Å²) in [5.74, 6) is -2.51. The number of amides is 1. The Hall–Kier alpha value is -1.73. The Kier molecular flexibility index (Phi) is 6.43. The van der Waals surface area contributed by atoms with E-state index in [0.29, 0.717) is 39.3 Å². The van der Waals surface area contributed by atoms with Crippen molar-refractivity contribution in [1.29, 1.82) is 0 Å². The molecule has 2 heterocycles. The van der Waals surface area contributed by atoms with Gasteiger partial charge in [-0.15, -0.1) is 0 Å². The average Bonchev–Trinajstić information content (AvgIpc) is 3.11. The van der Waals surface area contributed by atoms with Crippen molar-refractivity contribution in [3.63, 3.8) is 0 Å². The van der Waals surface area contributed by atoms with Crippen molar-refractivity contribution in [2.75, 3.05) is 39.3 Å². The fraction of sp³-hybridized carbons (Fsp3) is 0.632. The van der Waals surface area contributed by atoms with Crippen molar-refractivity contribution in [2.45, 2.75) is 37.9 Å². The van der Waals surface area contributed by atoms with Crippen LogP contribution in [-0.2, 0) is 16.1 Å². The van der Waals surface area contributed by atoms with Gasteiger partial charge in [-0.3, -0.25) is 0 Å². The minimum absolute atomic E-state index is 0.00879. The minimum Gasteiger partial charge on any atom is -0.445 e. The molecule has 0 bridgehead atoms. The third-order valence-corrected chi connectivity index (χ3v) is 4.96. The molecule has 1 unspecified atom stereocenters. The Labute approximate surface area is 152 Å². The molecule has 1 aromatic rings. The van der Waals surface area contributed by atoms with E-state index in [1.54, 1.807) is 4.90 Å². The molecule has 2 aliphatic heterocycles. The third-order valence-electron chi connectivity index (χ3n) is 4.96. The van der Waals surface area contributed by atoms with E-state index in [1.807, 2.05) is 35.2 Å². The first-order chi connectivity index (χ1) is 12.5. The number of carbonyl (C=O) groups is 1. The average molecular weight is 368 g/mol. The van der Waals surface area contributed by atoms with E-state index in [4.69, 9.17) is 9.47 Å². The zero-order valence-electron chi connectivity index (χ0n) is 14.9. The third kappa shape index (κ3) is 5.64. The van der Waals surface area contributed by atoms with Gasteiger partial charge in [-0.2, -0.15) is 0 Å². The second-order valence-corrected chi connectivity index (χ2v) is 6.97. The van der Waals surface area contributed by atoms with Gasteiger partial charge in [0.25, 0.3) is 5.92 Å². The van der Waals surface area contributed by atoms with Crippen LogP contribution in [0.25, 0.3) is 0 Å². The minimum atomic E-state index is -2.51. The monoisotopic (exact) mass is 368 g/mol. The molecular weight excluding hydrogens is 342 g/mol. The first-order valence-electron chi connectivity index (χ1n) is 9.19. The number of rotatable bonds is 6. The summed E-state index contributed by atoms with van der Waals surface area (Å²) in [6, 6.07) is 9.57. The molecule has 0 aliphatic carbocycles. The number of carbonyl (C=O) groups excluding carboxylic acids is 1. The van der Waals surface area contributed by atoms with Crippen LogP contribution in [0, 0.1) is 0 Å². The summed E-state index contributed by atoms with van der Waals surface area (Å²) < 4.78 is 37.4. The number of benzene rings is 1. The molecule has 1 aromatic carbocycles. The van der Waals surface area contributed by atoms with Gasteiger partial charge in [0.2, 0.25) is 0 Å². The van der Waals surface area contributed by atoms with Crippen molar-refractivity contribution in [1.82, 2.24) is 9.80 Å². The quantitative estimate of drug-likeness (QED) is 0.774. The topological polar surface area (TPSA) is 42.0 Å². The van der Waals surface area contributed by atoms with Crippen LogP contribution in [0.5, 0.6) is 0 Å². The lowest BCUT2D eigenvalue weighted by Crippen LogP contribution is -2.41. The zero-order valence-corrected chi connectivity index (χ0v) is 14.9. The summed E-state index contributed by atoms with van der Waals surface area (Å²) in [6.07, 6.45) is 0.302. The van der Waals surface area contributed by atoms with Gasteiger partial charge in [-0.05, 0) is 12.0 Å². The molecule has 0 spiro atoms. The summed E-state index contributed by atoms with van der Waals surface area (Å²) in [4.78, 5) is 15.8. The van der Waals surface area contributed by atoms with E-state index >= 15 is 0 Å². The number of hydrogen-bond donors (Lipinski definition) is 0. The highest BCUT2D eigenvalue weighted by Crippen LogP contribution is 2.27. The fourth-order valence-electron chi connectivity index (χ4n) is 3.29. The van der Waals surface area contributed by atoms with Gasteiger partial charge in [0.05, 0.1) is 19.3 Å². The standard InChI is InChI=1S/C19H26F2N2O3/c20-19(21)7-10-22(11-8-19)12-13-25-17-6-9-23(14-17)18(24)26-15-16-4-2-1-3-5-16/h1-5,17H,6-15H2. The fourth-order valence-corrected chi connectivity index (χ4v) is 3.29. The molecule has 1 amide bonds. The number of ether oxygens (including phenoxy) is 2. The molecule has 0 saturated carbocycles. The maximum absolute atomic E-state index is 13.1. The predicted molar refractivity (Wildman–Crippen MR) is 93.2 cm³/mol. The van der Waals surface area contributed by atoms with E-state index in [1.165, 1.54) is 0 Å². The molecule has 2 saturated heterocycles. The molecule has 26 heavy (non-hydrogen) atoms. The molecule has 7 heteroatoms. The highest BCUT2D eigenvalue weighted by Gasteiger charge is 2.34. The SMILES string of the molecule is O=C(OCc1ccccc1)N1CCC(OCCN2CCC(F)(F)CC2)C1. The first-order valence-corrected chi connectivity index (χ1v) is 9.19. The van der Waals surface area contributed by atoms with E-state index < -0.39 is 5.92 Å². The zero-order chi connectivity index (χ0) is 18.4. The molecule has 2 aliphatic rings. The van der Waals surface area contributed by atoms with Crippen LogP contribution in [0.3, 0.4) is 0 Å². The van der Waals surface area contributed by atoms with Crippen LogP contribution in [0.1, 0.15) is 24.8 Å². The Morgan fingerprint density at radius 2 is 1.88 bits per heavy atom. The highest BCUT2D eigenvalue weighted by atomic mass is 19.3. The number of halogens is 2. The van der Waals surface area contributed by atoms with Crippen LogP contribution in [0.4, 0.5) is 13.6 Å². The Morgan fingerprint density at radius 1 is 1.15 bits per heavy atom. The molecule has 5 nitrogen and oxygen atoms in total. The van der Waals surface area contributed by atoms with E-state index in [9.17, 15) is 13.6 Å². The Bertz CT molecular complexity index is 575. The molecule has 144 valence electrons. The second kappa shape index (κ2) is 8.77. The van der Waals surface area contributed by atoms with Crippen LogP contribution in [0.2, 0.25) is 0 Å². The molecule has 2 fully saturated rings. The molecule has 3 rings (SSSR count). The van der Waals surface area contributed by atoms with E-state index in [2.05, 4.69) is 0 Å². The molecule has 0 aromatic heterocycles. The molecule has 0 N–H and O–H groups in total. The van der Waals surface area contributed by atoms with Gasteiger partial charge in [-0.25, -0.2) is 13.6 Å². The Balaban J connectivity index is 1.30. The summed E-state index contributed by atoms with van der Waals surface area (Å²) in [6.45, 7) is 3.40. The van der Waals surface area contributed by atoms with Crippen LogP contribution >= 0.6 is 0 Å². The lowest BCUT2D eigenvalue weighted by atomic mass is 10.1. The van der Waals surface area contributed by atoms with Gasteiger partial charge in [-0.1, -0.05) is 30.3 Å². The van der Waals surface area contributed by atoms with Gasteiger partial charge in [0.15, 0.2) is 0 Å².